The van der Waals surface area contributed by atoms with Crippen molar-refractivity contribution in [1.82, 2.24) is 5.32 Å². The standard InChI is InChI=1S/C14H20N2O4/c1-2-3-12(14(18)19)16-8-10-4-6-11(7-5-10)20-9-13(15)17/h4-7,12,16H,2-3,8-9H2,1H3,(H2,15,17)(H,18,19). The number of carbonyl (C=O) groups is 2. The minimum atomic E-state index is -0.840. The summed E-state index contributed by atoms with van der Waals surface area (Å²) in [4.78, 5) is 21.6. The van der Waals surface area contributed by atoms with Gasteiger partial charge < -0.3 is 20.9 Å². The zero-order chi connectivity index (χ0) is 15.0. The highest BCUT2D eigenvalue weighted by atomic mass is 16.5. The molecule has 1 aromatic carbocycles. The Labute approximate surface area is 117 Å². The molecule has 0 heterocycles. The van der Waals surface area contributed by atoms with E-state index in [1.54, 1.807) is 12.1 Å². The lowest BCUT2D eigenvalue weighted by Gasteiger charge is -2.13. The van der Waals surface area contributed by atoms with Crippen LogP contribution in [0.3, 0.4) is 0 Å². The third kappa shape index (κ3) is 5.71. The van der Waals surface area contributed by atoms with Crippen LogP contribution in [-0.4, -0.2) is 29.6 Å². The molecule has 1 aromatic rings. The van der Waals surface area contributed by atoms with Crippen LogP contribution in [0.2, 0.25) is 0 Å². The second kappa shape index (κ2) is 8.16. The molecule has 4 N–H and O–H groups in total. The van der Waals surface area contributed by atoms with Gasteiger partial charge in [-0.05, 0) is 24.1 Å². The molecule has 0 aromatic heterocycles. The van der Waals surface area contributed by atoms with Crippen LogP contribution in [0, 0.1) is 0 Å². The van der Waals surface area contributed by atoms with Gasteiger partial charge in [-0.2, -0.15) is 0 Å². The lowest BCUT2D eigenvalue weighted by atomic mass is 10.1. The molecule has 6 nitrogen and oxygen atoms in total. The van der Waals surface area contributed by atoms with E-state index in [0.29, 0.717) is 18.7 Å². The molecule has 0 radical (unpaired) electrons. The summed E-state index contributed by atoms with van der Waals surface area (Å²) >= 11 is 0. The van der Waals surface area contributed by atoms with Crippen molar-refractivity contribution in [3.8, 4) is 5.75 Å². The van der Waals surface area contributed by atoms with E-state index in [1.165, 1.54) is 0 Å². The van der Waals surface area contributed by atoms with Crippen molar-refractivity contribution in [2.75, 3.05) is 6.61 Å². The summed E-state index contributed by atoms with van der Waals surface area (Å²) in [7, 11) is 0. The smallest absolute Gasteiger partial charge is 0.320 e. The molecule has 0 fully saturated rings. The number of rotatable bonds is 9. The number of carbonyl (C=O) groups excluding carboxylic acids is 1. The van der Waals surface area contributed by atoms with E-state index in [2.05, 4.69) is 5.32 Å². The maximum Gasteiger partial charge on any atom is 0.320 e. The van der Waals surface area contributed by atoms with Gasteiger partial charge in [0.05, 0.1) is 0 Å². The van der Waals surface area contributed by atoms with E-state index in [-0.39, 0.29) is 6.61 Å². The minimum Gasteiger partial charge on any atom is -0.484 e. The number of nitrogens with two attached hydrogens (primary N) is 1. The number of primary amides is 1. The summed E-state index contributed by atoms with van der Waals surface area (Å²) in [6.45, 7) is 2.25. The van der Waals surface area contributed by atoms with Crippen molar-refractivity contribution in [3.05, 3.63) is 29.8 Å². The monoisotopic (exact) mass is 280 g/mol. The Bertz CT molecular complexity index is 445. The van der Waals surface area contributed by atoms with Crippen molar-refractivity contribution >= 4 is 11.9 Å². The van der Waals surface area contributed by atoms with Crippen molar-refractivity contribution in [2.45, 2.75) is 32.4 Å². The maximum absolute atomic E-state index is 11.0. The first-order valence-electron chi connectivity index (χ1n) is 6.49. The first-order chi connectivity index (χ1) is 9.52. The van der Waals surface area contributed by atoms with Gasteiger partial charge in [0.25, 0.3) is 5.91 Å². The fourth-order valence-corrected chi connectivity index (χ4v) is 1.70. The van der Waals surface area contributed by atoms with Crippen LogP contribution < -0.4 is 15.8 Å². The Morgan fingerprint density at radius 3 is 2.50 bits per heavy atom. The van der Waals surface area contributed by atoms with Gasteiger partial charge in [0.1, 0.15) is 11.8 Å². The van der Waals surface area contributed by atoms with Crippen LogP contribution in [0.15, 0.2) is 24.3 Å². The molecule has 0 bridgehead atoms. The predicted molar refractivity (Wildman–Crippen MR) is 74.3 cm³/mol. The van der Waals surface area contributed by atoms with E-state index in [9.17, 15) is 9.59 Å². The molecule has 1 unspecified atom stereocenters. The number of amides is 1. The first kappa shape index (κ1) is 16.0. The van der Waals surface area contributed by atoms with E-state index >= 15 is 0 Å². The van der Waals surface area contributed by atoms with Crippen LogP contribution in [0.4, 0.5) is 0 Å². The van der Waals surface area contributed by atoms with Gasteiger partial charge in [0.15, 0.2) is 6.61 Å². The molecule has 0 spiro atoms. The van der Waals surface area contributed by atoms with Crippen LogP contribution in [0.25, 0.3) is 0 Å². The Hall–Kier alpha value is -2.08. The Morgan fingerprint density at radius 1 is 1.35 bits per heavy atom. The number of benzene rings is 1. The lowest BCUT2D eigenvalue weighted by molar-refractivity contribution is -0.139. The second-order valence-corrected chi connectivity index (χ2v) is 4.46. The third-order valence-corrected chi connectivity index (χ3v) is 2.73. The maximum atomic E-state index is 11.0. The van der Waals surface area contributed by atoms with Crippen molar-refractivity contribution in [1.29, 1.82) is 0 Å². The normalized spacial score (nSPS) is 11.8. The largest absolute Gasteiger partial charge is 0.484 e. The van der Waals surface area contributed by atoms with Crippen LogP contribution in [-0.2, 0) is 16.1 Å². The highest BCUT2D eigenvalue weighted by Crippen LogP contribution is 2.12. The van der Waals surface area contributed by atoms with Crippen LogP contribution in [0.1, 0.15) is 25.3 Å². The molecule has 0 aliphatic rings. The number of hydrogen-bond donors (Lipinski definition) is 3. The van der Waals surface area contributed by atoms with Crippen LogP contribution >= 0.6 is 0 Å². The SMILES string of the molecule is CCCC(NCc1ccc(OCC(N)=O)cc1)C(=O)O. The number of ether oxygens (including phenoxy) is 1. The number of aliphatic carboxylic acids is 1. The van der Waals surface area contributed by atoms with E-state index in [0.717, 1.165) is 12.0 Å². The molecule has 1 amide bonds. The van der Waals surface area contributed by atoms with Gasteiger partial charge in [-0.3, -0.25) is 9.59 Å². The minimum absolute atomic E-state index is 0.158. The summed E-state index contributed by atoms with van der Waals surface area (Å²) in [5.41, 5.74) is 5.92. The lowest BCUT2D eigenvalue weighted by Crippen LogP contribution is -2.35. The number of nitrogens with one attached hydrogen (secondary N) is 1. The quantitative estimate of drug-likeness (QED) is 0.623. The van der Waals surface area contributed by atoms with Crippen LogP contribution in [0.5, 0.6) is 5.75 Å². The second-order valence-electron chi connectivity index (χ2n) is 4.46. The fraction of sp³-hybridized carbons (Fsp3) is 0.429. The summed E-state index contributed by atoms with van der Waals surface area (Å²) in [5.74, 6) is -0.816. The van der Waals surface area contributed by atoms with Gasteiger partial charge in [0, 0.05) is 6.54 Å². The van der Waals surface area contributed by atoms with E-state index in [1.807, 2.05) is 19.1 Å². The highest BCUT2D eigenvalue weighted by molar-refractivity contribution is 5.75. The van der Waals surface area contributed by atoms with Crippen molar-refractivity contribution in [3.63, 3.8) is 0 Å². The van der Waals surface area contributed by atoms with Crippen molar-refractivity contribution < 1.29 is 19.4 Å². The Morgan fingerprint density at radius 2 is 2.00 bits per heavy atom. The van der Waals surface area contributed by atoms with E-state index < -0.39 is 17.9 Å². The summed E-state index contributed by atoms with van der Waals surface area (Å²) < 4.78 is 5.14. The summed E-state index contributed by atoms with van der Waals surface area (Å²) in [6.07, 6.45) is 1.40. The molecule has 0 saturated heterocycles. The molecule has 1 atom stereocenters. The van der Waals surface area contributed by atoms with Gasteiger partial charge in [0.2, 0.25) is 0 Å². The first-order valence-corrected chi connectivity index (χ1v) is 6.49. The third-order valence-electron chi connectivity index (χ3n) is 2.73. The molecule has 110 valence electrons. The van der Waals surface area contributed by atoms with Crippen molar-refractivity contribution in [2.24, 2.45) is 5.73 Å². The summed E-state index contributed by atoms with van der Waals surface area (Å²) in [5, 5.41) is 12.0. The topological polar surface area (TPSA) is 102 Å². The molecule has 6 heteroatoms. The van der Waals surface area contributed by atoms with Gasteiger partial charge in [-0.1, -0.05) is 25.5 Å². The highest BCUT2D eigenvalue weighted by Gasteiger charge is 2.14. The number of hydrogen-bond acceptors (Lipinski definition) is 4. The molecular formula is C14H20N2O4. The number of carboxylic acids is 1. The fourth-order valence-electron chi connectivity index (χ4n) is 1.70. The molecule has 1 rings (SSSR count). The van der Waals surface area contributed by atoms with Gasteiger partial charge in [-0.15, -0.1) is 0 Å². The Balaban J connectivity index is 2.48. The summed E-state index contributed by atoms with van der Waals surface area (Å²) in [6, 6.07) is 6.53. The average Bonchev–Trinajstić information content (AvgIpc) is 2.42. The zero-order valence-corrected chi connectivity index (χ0v) is 11.5. The predicted octanol–water partition coefficient (Wildman–Crippen LogP) is 0.894. The molecule has 0 aliphatic heterocycles. The van der Waals surface area contributed by atoms with Gasteiger partial charge in [-0.25, -0.2) is 0 Å². The van der Waals surface area contributed by atoms with Gasteiger partial charge >= 0.3 is 5.97 Å². The molecular weight excluding hydrogens is 260 g/mol. The number of carboxylic acid groups (broad SMARTS) is 1. The molecule has 20 heavy (non-hydrogen) atoms. The average molecular weight is 280 g/mol. The molecule has 0 saturated carbocycles. The van der Waals surface area contributed by atoms with E-state index in [4.69, 9.17) is 15.6 Å². The molecule has 0 aliphatic carbocycles. The zero-order valence-electron chi connectivity index (χ0n) is 11.5. The Kier molecular flexibility index (Phi) is 6.52.